The molecule has 0 bridgehead atoms. The Kier molecular flexibility index (Phi) is 9.30. The molecule has 0 aliphatic heterocycles. The van der Waals surface area contributed by atoms with Gasteiger partial charge in [0.2, 0.25) is 11.8 Å². The zero-order chi connectivity index (χ0) is 22.4. The van der Waals surface area contributed by atoms with E-state index in [4.69, 9.17) is 46.4 Å². The normalized spacial score (nSPS) is 12.9. The van der Waals surface area contributed by atoms with E-state index >= 15 is 0 Å². The molecule has 1 N–H and O–H groups in total. The summed E-state index contributed by atoms with van der Waals surface area (Å²) in [5.74, 6) is -0.432. The number of hydrogen-bond acceptors (Lipinski definition) is 2. The minimum Gasteiger partial charge on any atom is -0.352 e. The maximum absolute atomic E-state index is 13.2. The van der Waals surface area contributed by atoms with Gasteiger partial charge < -0.3 is 10.2 Å². The number of amides is 2. The lowest BCUT2D eigenvalue weighted by Gasteiger charge is -2.30. The Morgan fingerprint density at radius 1 is 0.900 bits per heavy atom. The van der Waals surface area contributed by atoms with Crippen LogP contribution in [0.1, 0.15) is 38.3 Å². The van der Waals surface area contributed by atoms with Crippen LogP contribution in [0.4, 0.5) is 0 Å². The maximum Gasteiger partial charge on any atom is 0.242 e. The molecule has 0 fully saturated rings. The predicted molar refractivity (Wildman–Crippen MR) is 125 cm³/mol. The fourth-order valence-corrected chi connectivity index (χ4v) is 3.45. The third kappa shape index (κ3) is 6.78. The Balaban J connectivity index is 2.28. The van der Waals surface area contributed by atoms with Crippen molar-refractivity contribution in [3.63, 3.8) is 0 Å². The van der Waals surface area contributed by atoms with Crippen LogP contribution in [0.5, 0.6) is 0 Å². The summed E-state index contributed by atoms with van der Waals surface area (Å²) in [4.78, 5) is 27.4. The Labute approximate surface area is 197 Å². The van der Waals surface area contributed by atoms with Crippen molar-refractivity contribution in [2.75, 3.05) is 0 Å². The zero-order valence-electron chi connectivity index (χ0n) is 17.0. The molecule has 0 aliphatic rings. The highest BCUT2D eigenvalue weighted by atomic mass is 35.5. The first-order valence-electron chi connectivity index (χ1n) is 9.60. The first-order chi connectivity index (χ1) is 14.1. The number of halogens is 4. The lowest BCUT2D eigenvalue weighted by molar-refractivity contribution is -0.140. The molecular weight excluding hydrogens is 466 g/mol. The highest BCUT2D eigenvalue weighted by molar-refractivity contribution is 6.42. The number of carbonyl (C=O) groups is 2. The number of benzene rings is 2. The summed E-state index contributed by atoms with van der Waals surface area (Å²) in [6.07, 6.45) is 0.877. The molecule has 2 rings (SSSR count). The van der Waals surface area contributed by atoms with Gasteiger partial charge in [-0.1, -0.05) is 65.5 Å². The second-order valence-electron chi connectivity index (χ2n) is 7.19. The molecular formula is C22H24Cl4N2O2. The topological polar surface area (TPSA) is 49.4 Å². The van der Waals surface area contributed by atoms with E-state index in [-0.39, 0.29) is 30.8 Å². The summed E-state index contributed by atoms with van der Waals surface area (Å²) in [6, 6.07) is 9.53. The van der Waals surface area contributed by atoms with E-state index in [2.05, 4.69) is 5.32 Å². The van der Waals surface area contributed by atoms with Crippen LogP contribution in [0.25, 0.3) is 0 Å². The van der Waals surface area contributed by atoms with Gasteiger partial charge in [0.1, 0.15) is 6.04 Å². The van der Waals surface area contributed by atoms with Gasteiger partial charge in [-0.2, -0.15) is 0 Å². The van der Waals surface area contributed by atoms with Crippen molar-refractivity contribution < 1.29 is 9.59 Å². The summed E-state index contributed by atoms with van der Waals surface area (Å²) in [5.41, 5.74) is 1.48. The van der Waals surface area contributed by atoms with Crippen molar-refractivity contribution in [1.29, 1.82) is 0 Å². The molecule has 2 unspecified atom stereocenters. The standard InChI is InChI=1S/C22H24Cl4N2O2/c1-4-13(2)27-22(30)14(3)28(12-16-6-8-18(24)20(26)10-16)21(29)11-15-5-7-17(23)19(25)9-15/h5-10,13-14H,4,11-12H2,1-3H3,(H,27,30). The van der Waals surface area contributed by atoms with Crippen LogP contribution in [0.15, 0.2) is 36.4 Å². The van der Waals surface area contributed by atoms with Gasteiger partial charge in [0.05, 0.1) is 26.5 Å². The van der Waals surface area contributed by atoms with E-state index in [9.17, 15) is 9.59 Å². The van der Waals surface area contributed by atoms with Gasteiger partial charge in [-0.25, -0.2) is 0 Å². The van der Waals surface area contributed by atoms with Crippen LogP contribution >= 0.6 is 46.4 Å². The lowest BCUT2D eigenvalue weighted by atomic mass is 10.1. The first kappa shape index (κ1) is 24.8. The number of nitrogens with one attached hydrogen (secondary N) is 1. The third-order valence-electron chi connectivity index (χ3n) is 4.84. The molecule has 2 aromatic carbocycles. The van der Waals surface area contributed by atoms with Gasteiger partial charge in [0.25, 0.3) is 0 Å². The molecule has 0 saturated heterocycles. The van der Waals surface area contributed by atoms with Crippen LogP contribution in [-0.4, -0.2) is 28.8 Å². The fourth-order valence-electron chi connectivity index (χ4n) is 2.81. The summed E-state index contributed by atoms with van der Waals surface area (Å²) >= 11 is 24.2. The van der Waals surface area contributed by atoms with Crippen molar-refractivity contribution in [2.24, 2.45) is 0 Å². The minimum atomic E-state index is -0.677. The van der Waals surface area contributed by atoms with Gasteiger partial charge in [-0.3, -0.25) is 9.59 Å². The minimum absolute atomic E-state index is 0.0111. The van der Waals surface area contributed by atoms with E-state index < -0.39 is 6.04 Å². The number of hydrogen-bond donors (Lipinski definition) is 1. The Hall–Kier alpha value is -1.46. The summed E-state index contributed by atoms with van der Waals surface area (Å²) in [7, 11) is 0. The summed E-state index contributed by atoms with van der Waals surface area (Å²) in [6.45, 7) is 5.83. The van der Waals surface area contributed by atoms with Crippen molar-refractivity contribution in [1.82, 2.24) is 10.2 Å². The van der Waals surface area contributed by atoms with Crippen LogP contribution in [-0.2, 0) is 22.6 Å². The SMILES string of the molecule is CCC(C)NC(=O)C(C)N(Cc1ccc(Cl)c(Cl)c1)C(=O)Cc1ccc(Cl)c(Cl)c1. The molecule has 0 saturated carbocycles. The molecule has 2 atom stereocenters. The van der Waals surface area contributed by atoms with E-state index in [1.807, 2.05) is 13.8 Å². The molecule has 0 radical (unpaired) electrons. The summed E-state index contributed by atoms with van der Waals surface area (Å²) < 4.78 is 0. The average Bonchev–Trinajstić information content (AvgIpc) is 2.70. The molecule has 8 heteroatoms. The largest absolute Gasteiger partial charge is 0.352 e. The maximum atomic E-state index is 13.2. The molecule has 2 aromatic rings. The Bertz CT molecular complexity index is 920. The molecule has 0 aliphatic carbocycles. The van der Waals surface area contributed by atoms with Gasteiger partial charge in [0.15, 0.2) is 0 Å². The van der Waals surface area contributed by atoms with Crippen LogP contribution < -0.4 is 5.32 Å². The van der Waals surface area contributed by atoms with Crippen LogP contribution in [0.2, 0.25) is 20.1 Å². The molecule has 2 amide bonds. The van der Waals surface area contributed by atoms with Gasteiger partial charge in [0, 0.05) is 12.6 Å². The molecule has 0 heterocycles. The zero-order valence-corrected chi connectivity index (χ0v) is 20.0. The second-order valence-corrected chi connectivity index (χ2v) is 8.82. The second kappa shape index (κ2) is 11.2. The van der Waals surface area contributed by atoms with Crippen molar-refractivity contribution in [2.45, 2.75) is 52.2 Å². The van der Waals surface area contributed by atoms with Gasteiger partial charge >= 0.3 is 0 Å². The highest BCUT2D eigenvalue weighted by Crippen LogP contribution is 2.25. The monoisotopic (exact) mass is 488 g/mol. The molecule has 4 nitrogen and oxygen atoms in total. The van der Waals surface area contributed by atoms with E-state index in [1.165, 1.54) is 4.90 Å². The number of rotatable bonds is 8. The van der Waals surface area contributed by atoms with Crippen molar-refractivity contribution >= 4 is 58.2 Å². The Morgan fingerprint density at radius 3 is 1.97 bits per heavy atom. The molecule has 0 spiro atoms. The Morgan fingerprint density at radius 2 is 1.43 bits per heavy atom. The first-order valence-corrected chi connectivity index (χ1v) is 11.1. The van der Waals surface area contributed by atoms with E-state index in [0.717, 1.165) is 12.0 Å². The third-order valence-corrected chi connectivity index (χ3v) is 6.32. The van der Waals surface area contributed by atoms with Gasteiger partial charge in [-0.15, -0.1) is 0 Å². The van der Waals surface area contributed by atoms with Crippen LogP contribution in [0, 0.1) is 0 Å². The van der Waals surface area contributed by atoms with Crippen molar-refractivity contribution in [3.05, 3.63) is 67.6 Å². The van der Waals surface area contributed by atoms with E-state index in [1.54, 1.807) is 43.3 Å². The highest BCUT2D eigenvalue weighted by Gasteiger charge is 2.27. The summed E-state index contributed by atoms with van der Waals surface area (Å²) in [5, 5.41) is 4.55. The lowest BCUT2D eigenvalue weighted by Crippen LogP contribution is -2.49. The predicted octanol–water partition coefficient (Wildman–Crippen LogP) is 6.17. The smallest absolute Gasteiger partial charge is 0.242 e. The van der Waals surface area contributed by atoms with Gasteiger partial charge in [-0.05, 0) is 55.7 Å². The van der Waals surface area contributed by atoms with E-state index in [0.29, 0.717) is 25.7 Å². The fraction of sp³-hybridized carbons (Fsp3) is 0.364. The molecule has 162 valence electrons. The van der Waals surface area contributed by atoms with Crippen molar-refractivity contribution in [3.8, 4) is 0 Å². The molecule has 0 aromatic heterocycles. The average molecular weight is 490 g/mol. The number of carbonyl (C=O) groups excluding carboxylic acids is 2. The quantitative estimate of drug-likeness (QED) is 0.481. The molecule has 30 heavy (non-hydrogen) atoms. The van der Waals surface area contributed by atoms with Crippen LogP contribution in [0.3, 0.4) is 0 Å². The number of nitrogens with zero attached hydrogens (tertiary/aromatic N) is 1.